The Bertz CT molecular complexity index is 665. The van der Waals surface area contributed by atoms with E-state index < -0.39 is 26.5 Å². The van der Waals surface area contributed by atoms with Gasteiger partial charge in [-0.2, -0.15) is 0 Å². The first-order chi connectivity index (χ1) is 16.1. The van der Waals surface area contributed by atoms with Gasteiger partial charge in [0.15, 0.2) is 0 Å². The fraction of sp³-hybridized carbons (Fsp3) is 0.778. The Hall–Kier alpha value is -0.764. The fourth-order valence-corrected chi connectivity index (χ4v) is 28.9. The number of unbranched alkanes of at least 4 members (excludes halogenated alkanes) is 3. The number of ether oxygens (including phenoxy) is 2. The van der Waals surface area contributed by atoms with E-state index >= 15 is 0 Å². The van der Waals surface area contributed by atoms with Gasteiger partial charge in [0.2, 0.25) is 0 Å². The van der Waals surface area contributed by atoms with E-state index in [-0.39, 0.29) is 24.7 Å². The number of amides is 1. The number of hydrogen-bond donors (Lipinski definition) is 0. The van der Waals surface area contributed by atoms with E-state index in [9.17, 15) is 9.59 Å². The Morgan fingerprint density at radius 2 is 1.62 bits per heavy atom. The molecular weight excluding hydrogens is 549 g/mol. The maximum atomic E-state index is 12.5. The van der Waals surface area contributed by atoms with Gasteiger partial charge in [-0.05, 0) is 0 Å². The quantitative estimate of drug-likeness (QED) is 0.0982. The first-order valence-corrected chi connectivity index (χ1v) is 25.2. The van der Waals surface area contributed by atoms with E-state index in [0.717, 1.165) is 0 Å². The minimum atomic E-state index is -2.34. The molecule has 0 unspecified atom stereocenters. The molecule has 1 aliphatic rings. The van der Waals surface area contributed by atoms with E-state index in [0.29, 0.717) is 13.2 Å². The summed E-state index contributed by atoms with van der Waals surface area (Å²) in [6, 6.07) is -0.218. The number of carbonyl (C=O) groups is 2. The molecule has 0 N–H and O–H groups in total. The average Bonchev–Trinajstić information content (AvgIpc) is 3.14. The molecule has 1 heterocycles. The number of carbonyl (C=O) groups excluding carboxylic acids is 2. The average molecular weight is 601 g/mol. The normalized spacial score (nSPS) is 17.5. The number of esters is 1. The van der Waals surface area contributed by atoms with Gasteiger partial charge in [0.05, 0.1) is 0 Å². The molecule has 0 bridgehead atoms. The van der Waals surface area contributed by atoms with Crippen LogP contribution in [0.1, 0.15) is 66.2 Å². The number of rotatable bonds is 17. The van der Waals surface area contributed by atoms with Crippen LogP contribution < -0.4 is 0 Å². The van der Waals surface area contributed by atoms with Crippen molar-refractivity contribution in [3.8, 4) is 0 Å². The van der Waals surface area contributed by atoms with Crippen molar-refractivity contribution in [3.63, 3.8) is 0 Å². The molecule has 5 nitrogen and oxygen atoms in total. The van der Waals surface area contributed by atoms with E-state index in [2.05, 4.69) is 46.5 Å². The molecule has 7 heteroatoms. The molecule has 1 rings (SSSR count). The van der Waals surface area contributed by atoms with Crippen molar-refractivity contribution >= 4 is 38.5 Å². The molecule has 0 aromatic carbocycles. The third kappa shape index (κ3) is 10.9. The molecule has 0 radical (unpaired) electrons. The van der Waals surface area contributed by atoms with Crippen LogP contribution in [-0.4, -0.2) is 69.2 Å². The Morgan fingerprint density at radius 1 is 1.06 bits per heavy atom. The van der Waals surface area contributed by atoms with Crippen LogP contribution in [0.4, 0.5) is 4.79 Å². The number of allylic oxidation sites excluding steroid dienone is 1. The zero-order valence-electron chi connectivity index (χ0n) is 23.1. The Morgan fingerprint density at radius 3 is 2.09 bits per heavy atom. The number of cyclic esters (lactones) is 1. The van der Waals surface area contributed by atoms with Crippen molar-refractivity contribution in [1.29, 1.82) is 0 Å². The van der Waals surface area contributed by atoms with Crippen LogP contribution in [0, 0.1) is 0 Å². The Kier molecular flexibility index (Phi) is 14.8. The molecule has 1 atom stereocenters. The Labute approximate surface area is 214 Å². The standard InChI is InChI=1S/C15H24NO4Si.3C4H9.Sn/c1-6-19-14(17)8-7-13-11-20-15(18)16(13)10-9-12(2)21(3,4)5;3*1-3-4-2;/h7-9,13H,2,6,10-11H2,1,3-5H3;3*1,3-4H2,2H3;/b8-7+,12-9-;;;;/t13-;;;;/m0..../s1. The SMILES string of the molecule is CCC[CH2][Sn]([CH2]CCC)([CH2]CCC)[CH2]/C(=C/CN1C(=O)OC[C@@H]1/C=C/C(=O)OCC)[Si](C)(C)C. The molecule has 1 fully saturated rings. The van der Waals surface area contributed by atoms with Crippen LogP contribution in [0.3, 0.4) is 0 Å². The topological polar surface area (TPSA) is 55.8 Å². The fourth-order valence-electron chi connectivity index (χ4n) is 4.77. The zero-order valence-corrected chi connectivity index (χ0v) is 26.9. The van der Waals surface area contributed by atoms with Gasteiger partial charge in [0.25, 0.3) is 0 Å². The van der Waals surface area contributed by atoms with Gasteiger partial charge in [-0.1, -0.05) is 0 Å². The third-order valence-electron chi connectivity index (χ3n) is 7.00. The van der Waals surface area contributed by atoms with Crippen LogP contribution in [-0.2, 0) is 14.3 Å². The van der Waals surface area contributed by atoms with Crippen molar-refractivity contribution in [1.82, 2.24) is 4.90 Å². The first kappa shape index (κ1) is 31.3. The second-order valence-corrected chi connectivity index (χ2v) is 29.9. The van der Waals surface area contributed by atoms with Gasteiger partial charge < -0.3 is 0 Å². The molecule has 0 spiro atoms. The summed E-state index contributed by atoms with van der Waals surface area (Å²) >= 11 is -2.34. The molecule has 0 saturated carbocycles. The van der Waals surface area contributed by atoms with Gasteiger partial charge in [-0.25, -0.2) is 0 Å². The number of hydrogen-bond acceptors (Lipinski definition) is 4. The minimum absolute atomic E-state index is 0.218. The van der Waals surface area contributed by atoms with Crippen LogP contribution in [0.25, 0.3) is 0 Å². The van der Waals surface area contributed by atoms with Gasteiger partial charge in [0, 0.05) is 0 Å². The summed E-state index contributed by atoms with van der Waals surface area (Å²) in [6.45, 7) is 17.3. The van der Waals surface area contributed by atoms with Gasteiger partial charge in [-0.15, -0.1) is 0 Å². The summed E-state index contributed by atoms with van der Waals surface area (Å²) in [6.07, 6.45) is 13.3. The monoisotopic (exact) mass is 601 g/mol. The molecule has 34 heavy (non-hydrogen) atoms. The molecule has 0 aliphatic carbocycles. The summed E-state index contributed by atoms with van der Waals surface area (Å²) in [7, 11) is -1.53. The summed E-state index contributed by atoms with van der Waals surface area (Å²) in [5.74, 6) is -0.373. The molecule has 1 saturated heterocycles. The predicted octanol–water partition coefficient (Wildman–Crippen LogP) is 7.58. The van der Waals surface area contributed by atoms with Crippen molar-refractivity contribution < 1.29 is 19.1 Å². The summed E-state index contributed by atoms with van der Waals surface area (Å²) < 4.78 is 16.2. The van der Waals surface area contributed by atoms with Crippen molar-refractivity contribution in [2.45, 2.75) is 110 Å². The van der Waals surface area contributed by atoms with Gasteiger partial charge in [-0.3, -0.25) is 0 Å². The van der Waals surface area contributed by atoms with Gasteiger partial charge >= 0.3 is 215 Å². The predicted molar refractivity (Wildman–Crippen MR) is 149 cm³/mol. The van der Waals surface area contributed by atoms with Crippen LogP contribution in [0.2, 0.25) is 37.4 Å². The summed E-state index contributed by atoms with van der Waals surface area (Å²) in [5.41, 5.74) is 0. The molecule has 196 valence electrons. The summed E-state index contributed by atoms with van der Waals surface area (Å²) in [4.78, 5) is 26.0. The second-order valence-electron chi connectivity index (χ2n) is 10.9. The van der Waals surface area contributed by atoms with E-state index in [1.807, 2.05) is 0 Å². The third-order valence-corrected chi connectivity index (χ3v) is 25.7. The van der Waals surface area contributed by atoms with E-state index in [1.54, 1.807) is 23.1 Å². The first-order valence-electron chi connectivity index (χ1n) is 13.6. The maximum absolute atomic E-state index is 12.5. The van der Waals surface area contributed by atoms with Crippen molar-refractivity contribution in [3.05, 3.63) is 23.4 Å². The van der Waals surface area contributed by atoms with Crippen molar-refractivity contribution in [2.24, 2.45) is 0 Å². The van der Waals surface area contributed by atoms with Crippen LogP contribution in [0.15, 0.2) is 23.4 Å². The van der Waals surface area contributed by atoms with E-state index in [4.69, 9.17) is 9.47 Å². The second kappa shape index (κ2) is 16.1. The summed E-state index contributed by atoms with van der Waals surface area (Å²) in [5, 5.41) is 1.65. The zero-order chi connectivity index (χ0) is 25.6. The van der Waals surface area contributed by atoms with Crippen LogP contribution >= 0.6 is 0 Å². The van der Waals surface area contributed by atoms with Crippen molar-refractivity contribution in [2.75, 3.05) is 19.8 Å². The van der Waals surface area contributed by atoms with Crippen LogP contribution in [0.5, 0.6) is 0 Å². The molecule has 1 amide bonds. The Balaban J connectivity index is 3.15. The molecule has 0 aromatic rings. The number of nitrogens with zero attached hydrogens (tertiary/aromatic N) is 1. The molecule has 1 aliphatic heterocycles. The van der Waals surface area contributed by atoms with Gasteiger partial charge in [0.1, 0.15) is 0 Å². The molecule has 0 aromatic heterocycles. The molecular formula is C27H51NO4SiSn. The van der Waals surface area contributed by atoms with E-state index in [1.165, 1.54) is 62.3 Å².